The molecular weight excluding hydrogens is 678 g/mol. The lowest BCUT2D eigenvalue weighted by molar-refractivity contribution is -0.697. The van der Waals surface area contributed by atoms with Gasteiger partial charge >= 0.3 is 12.7 Å². The van der Waals surface area contributed by atoms with Crippen LogP contribution in [-0.4, -0.2) is 31.8 Å². The maximum Gasteiger partial charge on any atom is 0.573 e. The molecule has 264 valence electrons. The highest BCUT2D eigenvalue weighted by molar-refractivity contribution is 5.75. The number of aromatic nitrogens is 2. The van der Waals surface area contributed by atoms with Gasteiger partial charge in [-0.1, -0.05) is 24.3 Å². The molecule has 0 atom stereocenters. The van der Waals surface area contributed by atoms with E-state index in [0.717, 1.165) is 23.6 Å². The van der Waals surface area contributed by atoms with Gasteiger partial charge in [-0.2, -0.15) is 4.57 Å². The van der Waals surface area contributed by atoms with Crippen molar-refractivity contribution < 1.29 is 54.5 Å². The second kappa shape index (κ2) is 18.0. The number of anilines is 1. The normalized spacial score (nSPS) is 12.6. The number of carbonyl (C=O) groups excluding carboxylic acids is 2. The molecule has 0 saturated heterocycles. The SMILES string of the molecule is O=CC=C(C=CNCCC[n+]1ccc(-c2cc[n+](-c3ccccc3OC(F)(F)F)cc2)cc1)C(C=CNc1ccccc1OC(F)(F)F)=CC=O. The van der Waals surface area contributed by atoms with Gasteiger partial charge in [0.25, 0.3) is 5.69 Å². The molecule has 0 fully saturated rings. The van der Waals surface area contributed by atoms with E-state index >= 15 is 0 Å². The van der Waals surface area contributed by atoms with Crippen molar-refractivity contribution in [2.45, 2.75) is 25.7 Å². The Kier molecular flexibility index (Phi) is 13.3. The molecule has 0 aliphatic rings. The van der Waals surface area contributed by atoms with Crippen LogP contribution in [0.3, 0.4) is 0 Å². The van der Waals surface area contributed by atoms with Crippen LogP contribution < -0.4 is 29.2 Å². The smallest absolute Gasteiger partial charge is 0.404 e. The molecule has 2 heterocycles. The molecule has 4 aromatic rings. The predicted octanol–water partition coefficient (Wildman–Crippen LogP) is 7.08. The Morgan fingerprint density at radius 2 is 1.20 bits per heavy atom. The topological polar surface area (TPSA) is 84.4 Å². The summed E-state index contributed by atoms with van der Waals surface area (Å²) in [7, 11) is 0. The highest BCUT2D eigenvalue weighted by atomic mass is 19.4. The van der Waals surface area contributed by atoms with E-state index < -0.39 is 18.5 Å². The first-order valence-electron chi connectivity index (χ1n) is 15.3. The molecule has 0 spiro atoms. The molecule has 0 aliphatic heterocycles. The zero-order valence-corrected chi connectivity index (χ0v) is 26.8. The van der Waals surface area contributed by atoms with Gasteiger partial charge in [-0.15, -0.1) is 26.3 Å². The molecule has 0 aliphatic carbocycles. The maximum atomic E-state index is 12.8. The molecule has 0 saturated carbocycles. The van der Waals surface area contributed by atoms with Gasteiger partial charge in [0.1, 0.15) is 19.1 Å². The lowest BCUT2D eigenvalue weighted by Gasteiger charge is -2.12. The van der Waals surface area contributed by atoms with Gasteiger partial charge in [-0.05, 0) is 71.0 Å². The van der Waals surface area contributed by atoms with Gasteiger partial charge in [0, 0.05) is 49.5 Å². The van der Waals surface area contributed by atoms with Gasteiger partial charge < -0.3 is 20.1 Å². The summed E-state index contributed by atoms with van der Waals surface area (Å²) in [6.07, 6.45) is 7.65. The van der Waals surface area contributed by atoms with E-state index in [1.807, 2.05) is 29.1 Å². The third kappa shape index (κ3) is 12.3. The standard InChI is InChI=1S/C37H30F6N4O4/c38-36(39,40)50-34-8-3-1-6-32(34)45-20-11-29(17-27-49)28(16-26-48)10-19-44-18-5-21-46-22-12-30(13-23-46)31-14-24-47(25-15-31)33-7-2-4-9-35(33)51-37(41,42)43/h1-4,6-17,19-20,22-27H,5,18,21H2/p+2. The van der Waals surface area contributed by atoms with E-state index in [0.29, 0.717) is 36.8 Å². The van der Waals surface area contributed by atoms with Crippen molar-refractivity contribution in [3.05, 3.63) is 145 Å². The predicted molar refractivity (Wildman–Crippen MR) is 176 cm³/mol. The number of allylic oxidation sites excluding steroid dienone is 6. The van der Waals surface area contributed by atoms with Crippen LogP contribution in [0.15, 0.2) is 145 Å². The molecule has 0 unspecified atom stereocenters. The third-order valence-electron chi connectivity index (χ3n) is 6.98. The van der Waals surface area contributed by atoms with Crippen LogP contribution in [0.4, 0.5) is 32.0 Å². The van der Waals surface area contributed by atoms with Crippen molar-refractivity contribution in [1.82, 2.24) is 5.32 Å². The molecule has 4 rings (SSSR count). The third-order valence-corrected chi connectivity index (χ3v) is 6.98. The first kappa shape index (κ1) is 37.6. The monoisotopic (exact) mass is 710 g/mol. The first-order chi connectivity index (χ1) is 24.5. The van der Waals surface area contributed by atoms with Crippen LogP contribution in [0.1, 0.15) is 6.42 Å². The van der Waals surface area contributed by atoms with Crippen molar-refractivity contribution in [1.29, 1.82) is 0 Å². The van der Waals surface area contributed by atoms with Crippen LogP contribution in [0.2, 0.25) is 0 Å². The minimum Gasteiger partial charge on any atom is -0.404 e. The largest absolute Gasteiger partial charge is 0.573 e. The highest BCUT2D eigenvalue weighted by Crippen LogP contribution is 2.30. The molecule has 0 radical (unpaired) electrons. The number of carbonyl (C=O) groups is 2. The molecule has 0 amide bonds. The van der Waals surface area contributed by atoms with Crippen molar-refractivity contribution in [3.8, 4) is 28.3 Å². The number of hydrogen-bond acceptors (Lipinski definition) is 6. The van der Waals surface area contributed by atoms with Crippen LogP contribution in [-0.2, 0) is 16.1 Å². The van der Waals surface area contributed by atoms with E-state index in [1.54, 1.807) is 47.4 Å². The molecule has 8 nitrogen and oxygen atoms in total. The maximum absolute atomic E-state index is 12.8. The number of pyridine rings is 2. The number of hydrogen-bond donors (Lipinski definition) is 2. The molecule has 0 bridgehead atoms. The quantitative estimate of drug-likeness (QED) is 0.0323. The molecule has 2 aromatic heterocycles. The number of halogens is 6. The summed E-state index contributed by atoms with van der Waals surface area (Å²) < 4.78 is 88.3. The number of alkyl halides is 6. The second-order valence-electron chi connectivity index (χ2n) is 10.5. The van der Waals surface area contributed by atoms with Gasteiger partial charge in [0.15, 0.2) is 30.5 Å². The Hall–Kier alpha value is -6.18. The van der Waals surface area contributed by atoms with E-state index in [-0.39, 0.29) is 17.1 Å². The number of aryl methyl sites for hydroxylation is 1. The van der Waals surface area contributed by atoms with Crippen LogP contribution in [0, 0.1) is 0 Å². The van der Waals surface area contributed by atoms with E-state index in [4.69, 9.17) is 0 Å². The van der Waals surface area contributed by atoms with Crippen molar-refractivity contribution in [3.63, 3.8) is 0 Å². The summed E-state index contributed by atoms with van der Waals surface area (Å²) in [6, 6.07) is 18.8. The average molecular weight is 711 g/mol. The van der Waals surface area contributed by atoms with Crippen LogP contribution in [0.25, 0.3) is 16.8 Å². The highest BCUT2D eigenvalue weighted by Gasteiger charge is 2.34. The fourth-order valence-corrected chi connectivity index (χ4v) is 4.72. The van der Waals surface area contributed by atoms with Crippen LogP contribution >= 0.6 is 0 Å². The number of para-hydroxylation sites is 4. The van der Waals surface area contributed by atoms with Crippen molar-refractivity contribution in [2.24, 2.45) is 0 Å². The van der Waals surface area contributed by atoms with Gasteiger partial charge in [0.05, 0.1) is 5.69 Å². The Labute approximate surface area is 289 Å². The minimum atomic E-state index is -4.87. The lowest BCUT2D eigenvalue weighted by atomic mass is 10.1. The van der Waals surface area contributed by atoms with Crippen molar-refractivity contribution >= 4 is 18.3 Å². The van der Waals surface area contributed by atoms with Crippen LogP contribution in [0.5, 0.6) is 11.5 Å². The fraction of sp³-hybridized carbons (Fsp3) is 0.135. The van der Waals surface area contributed by atoms with E-state index in [9.17, 15) is 35.9 Å². The van der Waals surface area contributed by atoms with E-state index in [2.05, 4.69) is 20.1 Å². The molecular formula is C37H32F6N4O4+2. The zero-order chi connectivity index (χ0) is 36.7. The zero-order valence-electron chi connectivity index (χ0n) is 26.8. The summed E-state index contributed by atoms with van der Waals surface area (Å²) in [4.78, 5) is 22.5. The fourth-order valence-electron chi connectivity index (χ4n) is 4.72. The lowest BCUT2D eigenvalue weighted by Crippen LogP contribution is -2.33. The molecule has 2 aromatic carbocycles. The first-order valence-corrected chi connectivity index (χ1v) is 15.3. The second-order valence-corrected chi connectivity index (χ2v) is 10.5. The number of aldehydes is 2. The Morgan fingerprint density at radius 3 is 1.80 bits per heavy atom. The summed E-state index contributed by atoms with van der Waals surface area (Å²) in [5, 5.41) is 5.82. The summed E-state index contributed by atoms with van der Waals surface area (Å²) in [5.74, 6) is -0.745. The number of benzene rings is 2. The number of rotatable bonds is 16. The number of ether oxygens (including phenoxy) is 2. The summed E-state index contributed by atoms with van der Waals surface area (Å²) in [6.45, 7) is 1.24. The van der Waals surface area contributed by atoms with Gasteiger partial charge in [0.2, 0.25) is 5.75 Å². The average Bonchev–Trinajstić information content (AvgIpc) is 3.09. The van der Waals surface area contributed by atoms with Gasteiger partial charge in [-0.25, -0.2) is 4.57 Å². The molecule has 2 N–H and O–H groups in total. The number of nitrogens with one attached hydrogen (secondary N) is 2. The Morgan fingerprint density at radius 1 is 0.667 bits per heavy atom. The van der Waals surface area contributed by atoms with Gasteiger partial charge in [-0.3, -0.25) is 9.59 Å². The van der Waals surface area contributed by atoms with Crippen molar-refractivity contribution in [2.75, 3.05) is 11.9 Å². The summed E-state index contributed by atoms with van der Waals surface area (Å²) in [5.41, 5.74) is 2.76. The van der Waals surface area contributed by atoms with E-state index in [1.165, 1.54) is 60.8 Å². The summed E-state index contributed by atoms with van der Waals surface area (Å²) >= 11 is 0. The molecule has 51 heavy (non-hydrogen) atoms. The Bertz CT molecular complexity index is 1880. The number of nitrogens with zero attached hydrogens (tertiary/aromatic N) is 2. The Balaban J connectivity index is 1.29. The minimum absolute atomic E-state index is 0.0405. The molecule has 14 heteroatoms.